The Morgan fingerprint density at radius 1 is 1.31 bits per heavy atom. The average molecular weight is 182 g/mol. The van der Waals surface area contributed by atoms with E-state index in [2.05, 4.69) is 5.92 Å². The summed E-state index contributed by atoms with van der Waals surface area (Å²) in [5.41, 5.74) is -0.0000926. The van der Waals surface area contributed by atoms with Crippen LogP contribution in [0, 0.1) is 23.5 Å². The van der Waals surface area contributed by atoms with Crippen molar-refractivity contribution in [2.45, 2.75) is 0 Å². The highest BCUT2D eigenvalue weighted by atomic mass is 19.1. The summed E-state index contributed by atoms with van der Waals surface area (Å²) in [6.45, 7) is 0. The van der Waals surface area contributed by atoms with Crippen LogP contribution >= 0.6 is 0 Å². The van der Waals surface area contributed by atoms with Crippen LogP contribution in [0.1, 0.15) is 5.56 Å². The van der Waals surface area contributed by atoms with Crippen LogP contribution in [0.15, 0.2) is 12.1 Å². The topological polar surface area (TPSA) is 37.3 Å². The van der Waals surface area contributed by atoms with Gasteiger partial charge < -0.3 is 5.11 Å². The highest BCUT2D eigenvalue weighted by Crippen LogP contribution is 2.20. The number of hydrogen-bond donors (Lipinski definition) is 1. The summed E-state index contributed by atoms with van der Waals surface area (Å²) in [5, 5.41) is 8.69. The number of hydrogen-bond acceptors (Lipinski definition) is 2. The van der Waals surface area contributed by atoms with E-state index in [-0.39, 0.29) is 5.56 Å². The van der Waals surface area contributed by atoms with Gasteiger partial charge in [-0.15, -0.1) is 0 Å². The molecule has 2 nitrogen and oxygen atoms in total. The van der Waals surface area contributed by atoms with Crippen molar-refractivity contribution in [2.24, 2.45) is 0 Å². The zero-order chi connectivity index (χ0) is 9.84. The van der Waals surface area contributed by atoms with Gasteiger partial charge >= 0.3 is 0 Å². The number of aldehydes is 1. The smallest absolute Gasteiger partial charge is 0.193 e. The van der Waals surface area contributed by atoms with E-state index in [9.17, 15) is 13.6 Å². The van der Waals surface area contributed by atoms with Crippen LogP contribution in [0.25, 0.3) is 0 Å². The lowest BCUT2D eigenvalue weighted by Crippen LogP contribution is -1.85. The largest absolute Gasteiger partial charge is 0.503 e. The molecule has 0 aliphatic heterocycles. The lowest BCUT2D eigenvalue weighted by molar-refractivity contribution is -0.103. The first-order chi connectivity index (χ1) is 6.15. The number of rotatable bonds is 0. The molecule has 0 aliphatic carbocycles. The predicted molar refractivity (Wildman–Crippen MR) is 41.0 cm³/mol. The Bertz CT molecular complexity index is 379. The van der Waals surface area contributed by atoms with E-state index < -0.39 is 17.4 Å². The second-order valence-electron chi connectivity index (χ2n) is 2.18. The van der Waals surface area contributed by atoms with Crippen molar-refractivity contribution in [3.05, 3.63) is 29.3 Å². The Kier molecular flexibility index (Phi) is 2.60. The van der Waals surface area contributed by atoms with E-state index in [4.69, 9.17) is 5.11 Å². The molecule has 1 N–H and O–H groups in total. The molecule has 0 fully saturated rings. The molecule has 0 unspecified atom stereocenters. The minimum Gasteiger partial charge on any atom is -0.503 e. The van der Waals surface area contributed by atoms with Gasteiger partial charge in [0.25, 0.3) is 0 Å². The second kappa shape index (κ2) is 3.68. The molecule has 0 spiro atoms. The molecule has 0 aliphatic rings. The molecule has 1 aromatic rings. The molecule has 0 heterocycles. The number of carbonyl (C=O) groups is 1. The number of halogens is 2. The fraction of sp³-hybridized carbons (Fsp3) is 0. The van der Waals surface area contributed by atoms with Gasteiger partial charge in [0.1, 0.15) is 0 Å². The lowest BCUT2D eigenvalue weighted by Gasteiger charge is -1.97. The first-order valence-electron chi connectivity index (χ1n) is 3.28. The quantitative estimate of drug-likeness (QED) is 0.483. The SMILES string of the molecule is O=CC#Cc1cc(F)c(O)c(F)c1. The van der Waals surface area contributed by atoms with E-state index in [1.165, 1.54) is 0 Å². The minimum atomic E-state index is -1.10. The molecule has 0 bridgehead atoms. The molecule has 0 atom stereocenters. The summed E-state index contributed by atoms with van der Waals surface area (Å²) in [6.07, 6.45) is 0.308. The van der Waals surface area contributed by atoms with E-state index >= 15 is 0 Å². The van der Waals surface area contributed by atoms with Gasteiger partial charge in [0.05, 0.1) is 0 Å². The Morgan fingerprint density at radius 3 is 2.31 bits per heavy atom. The van der Waals surface area contributed by atoms with Gasteiger partial charge in [-0.2, -0.15) is 0 Å². The first kappa shape index (κ1) is 9.20. The molecule has 0 saturated heterocycles. The van der Waals surface area contributed by atoms with Gasteiger partial charge in [-0.25, -0.2) is 8.78 Å². The molecule has 4 heteroatoms. The Morgan fingerprint density at radius 2 is 1.85 bits per heavy atom. The maximum absolute atomic E-state index is 12.6. The number of benzene rings is 1. The molecule has 0 aromatic heterocycles. The van der Waals surface area contributed by atoms with Gasteiger partial charge in [-0.1, -0.05) is 5.92 Å². The molecule has 0 saturated carbocycles. The first-order valence-corrected chi connectivity index (χ1v) is 3.28. The van der Waals surface area contributed by atoms with Gasteiger partial charge in [0, 0.05) is 5.56 Å². The van der Waals surface area contributed by atoms with Gasteiger partial charge in [-0.3, -0.25) is 4.79 Å². The maximum Gasteiger partial charge on any atom is 0.193 e. The van der Waals surface area contributed by atoms with Crippen molar-refractivity contribution >= 4 is 6.29 Å². The molecular formula is C9H4F2O2. The van der Waals surface area contributed by atoms with Crippen molar-refractivity contribution in [2.75, 3.05) is 0 Å². The molecule has 66 valence electrons. The molecule has 1 aromatic carbocycles. The average Bonchev–Trinajstić information content (AvgIpc) is 2.10. The van der Waals surface area contributed by atoms with Gasteiger partial charge in [-0.05, 0) is 18.1 Å². The molecule has 0 radical (unpaired) electrons. The van der Waals surface area contributed by atoms with Crippen LogP contribution in [0.5, 0.6) is 5.75 Å². The van der Waals surface area contributed by atoms with E-state index in [0.717, 1.165) is 12.1 Å². The summed E-state index contributed by atoms with van der Waals surface area (Å²) in [4.78, 5) is 9.80. The van der Waals surface area contributed by atoms with Crippen LogP contribution in [-0.2, 0) is 4.79 Å². The van der Waals surface area contributed by atoms with Crippen molar-refractivity contribution in [3.63, 3.8) is 0 Å². The number of phenolic OH excluding ortho intramolecular Hbond substituents is 1. The fourth-order valence-electron chi connectivity index (χ4n) is 0.750. The number of aromatic hydroxyl groups is 1. The van der Waals surface area contributed by atoms with Crippen LogP contribution in [0.4, 0.5) is 8.78 Å². The summed E-state index contributed by atoms with van der Waals surface area (Å²) in [6, 6.07) is 1.68. The summed E-state index contributed by atoms with van der Waals surface area (Å²) >= 11 is 0. The zero-order valence-corrected chi connectivity index (χ0v) is 6.34. The van der Waals surface area contributed by atoms with Crippen molar-refractivity contribution < 1.29 is 18.7 Å². The van der Waals surface area contributed by atoms with Crippen molar-refractivity contribution in [3.8, 4) is 17.6 Å². The van der Waals surface area contributed by atoms with Crippen LogP contribution in [0.2, 0.25) is 0 Å². The second-order valence-corrected chi connectivity index (χ2v) is 2.18. The maximum atomic E-state index is 12.6. The lowest BCUT2D eigenvalue weighted by atomic mass is 10.2. The third kappa shape index (κ3) is 2.03. The summed E-state index contributed by atoms with van der Waals surface area (Å²) in [5.74, 6) is 0.939. The highest BCUT2D eigenvalue weighted by Gasteiger charge is 2.07. The Hall–Kier alpha value is -1.89. The van der Waals surface area contributed by atoms with Crippen LogP contribution in [-0.4, -0.2) is 11.4 Å². The van der Waals surface area contributed by atoms with Crippen molar-refractivity contribution in [1.29, 1.82) is 0 Å². The molecule has 13 heavy (non-hydrogen) atoms. The number of phenols is 1. The Balaban J connectivity index is 3.20. The summed E-state index contributed by atoms with van der Waals surface area (Å²) < 4.78 is 25.2. The van der Waals surface area contributed by atoms with Gasteiger partial charge in [0.15, 0.2) is 23.7 Å². The Labute approximate surface area is 72.8 Å². The molecular weight excluding hydrogens is 178 g/mol. The third-order valence-corrected chi connectivity index (χ3v) is 1.29. The fourth-order valence-corrected chi connectivity index (χ4v) is 0.750. The third-order valence-electron chi connectivity index (χ3n) is 1.29. The summed E-state index contributed by atoms with van der Waals surface area (Å²) in [7, 11) is 0. The minimum absolute atomic E-state index is 0.0000926. The van der Waals surface area contributed by atoms with E-state index in [1.807, 2.05) is 5.92 Å². The molecule has 0 amide bonds. The zero-order valence-electron chi connectivity index (χ0n) is 6.34. The highest BCUT2D eigenvalue weighted by molar-refractivity contribution is 5.74. The van der Waals surface area contributed by atoms with E-state index in [1.54, 1.807) is 0 Å². The number of carbonyl (C=O) groups excluding carboxylic acids is 1. The van der Waals surface area contributed by atoms with E-state index in [0.29, 0.717) is 6.29 Å². The standard InChI is InChI=1S/C9H4F2O2/c10-7-4-6(2-1-3-12)5-8(11)9(7)13/h3-5,13H. The monoisotopic (exact) mass is 182 g/mol. The van der Waals surface area contributed by atoms with Gasteiger partial charge in [0.2, 0.25) is 0 Å². The predicted octanol–water partition coefficient (Wildman–Crippen LogP) is 1.22. The van der Waals surface area contributed by atoms with Crippen LogP contribution < -0.4 is 0 Å². The van der Waals surface area contributed by atoms with Crippen molar-refractivity contribution in [1.82, 2.24) is 0 Å². The normalized spacial score (nSPS) is 8.77. The van der Waals surface area contributed by atoms with Crippen LogP contribution in [0.3, 0.4) is 0 Å². The molecule has 1 rings (SSSR count).